The van der Waals surface area contributed by atoms with Crippen molar-refractivity contribution in [2.75, 3.05) is 0 Å². The van der Waals surface area contributed by atoms with Crippen molar-refractivity contribution < 1.29 is 0 Å². The van der Waals surface area contributed by atoms with E-state index in [1.807, 2.05) is 12.4 Å². The third kappa shape index (κ3) is 5.19. The van der Waals surface area contributed by atoms with E-state index in [-0.39, 0.29) is 0 Å². The molecule has 28 heavy (non-hydrogen) atoms. The molecule has 0 atom stereocenters. The van der Waals surface area contributed by atoms with Crippen LogP contribution in [-0.2, 0) is 0 Å². The Morgan fingerprint density at radius 1 is 0.500 bits per heavy atom. The maximum absolute atomic E-state index is 4.84. The molecule has 0 amide bonds. The molecule has 2 heteroatoms. The summed E-state index contributed by atoms with van der Waals surface area (Å²) in [7, 11) is 0. The molecule has 0 N–H and O–H groups in total. The summed E-state index contributed by atoms with van der Waals surface area (Å²) in [6.07, 6.45) is 3.71. The summed E-state index contributed by atoms with van der Waals surface area (Å²) in [5.74, 6) is 1.77. The number of nitrogens with zero attached hydrogens (tertiary/aromatic N) is 2. The van der Waals surface area contributed by atoms with Gasteiger partial charge in [-0.2, -0.15) is 12.4 Å². The molecular weight excluding hydrogens is 340 g/mol. The Balaban J connectivity index is 2.29. The summed E-state index contributed by atoms with van der Waals surface area (Å²) in [6.45, 7) is 17.8. The van der Waals surface area contributed by atoms with Crippen LogP contribution in [-0.4, -0.2) is 0 Å². The SMILES string of the molecule is CC(C)c1cccc(C(C)C)c1[N-]/C=C/[N-]c1c(C(C)C)cccc1C(C)C. The summed E-state index contributed by atoms with van der Waals surface area (Å²) in [4.78, 5) is 0. The van der Waals surface area contributed by atoms with Crippen molar-refractivity contribution in [2.24, 2.45) is 0 Å². The fraction of sp³-hybridized carbons (Fsp3) is 0.462. The van der Waals surface area contributed by atoms with E-state index in [1.54, 1.807) is 0 Å². The molecule has 0 bridgehead atoms. The van der Waals surface area contributed by atoms with Gasteiger partial charge in [0, 0.05) is 0 Å². The van der Waals surface area contributed by atoms with Crippen LogP contribution in [0.4, 0.5) is 11.4 Å². The molecule has 0 saturated carbocycles. The number of benzene rings is 2. The second-order valence-corrected chi connectivity index (χ2v) is 8.75. The molecule has 2 rings (SSSR count). The molecule has 0 aromatic heterocycles. The summed E-state index contributed by atoms with van der Waals surface area (Å²) in [5.41, 5.74) is 7.37. The average Bonchev–Trinajstić information content (AvgIpc) is 2.64. The van der Waals surface area contributed by atoms with Crippen molar-refractivity contribution in [3.8, 4) is 0 Å². The van der Waals surface area contributed by atoms with Gasteiger partial charge in [-0.3, -0.25) is 0 Å². The first-order valence-electron chi connectivity index (χ1n) is 10.6. The maximum Gasteiger partial charge on any atom is -0.0231 e. The largest absolute Gasteiger partial charge is 0.665 e. The Kier molecular flexibility index (Phi) is 7.74. The molecule has 2 aromatic rings. The monoisotopic (exact) mass is 376 g/mol. The number of rotatable bonds is 8. The smallest absolute Gasteiger partial charge is 0.0231 e. The quantitative estimate of drug-likeness (QED) is 0.439. The van der Waals surface area contributed by atoms with E-state index in [2.05, 4.69) is 91.8 Å². The molecular formula is C26H36N2-2. The van der Waals surface area contributed by atoms with Crippen molar-refractivity contribution >= 4 is 11.4 Å². The highest BCUT2D eigenvalue weighted by molar-refractivity contribution is 5.68. The number of hydrogen-bond acceptors (Lipinski definition) is 0. The molecule has 0 aliphatic rings. The lowest BCUT2D eigenvalue weighted by Gasteiger charge is -2.32. The van der Waals surface area contributed by atoms with Crippen LogP contribution in [0.5, 0.6) is 0 Å². The zero-order valence-electron chi connectivity index (χ0n) is 18.8. The summed E-state index contributed by atoms with van der Waals surface area (Å²) < 4.78 is 0. The van der Waals surface area contributed by atoms with Gasteiger partial charge in [0.25, 0.3) is 0 Å². The molecule has 0 aliphatic carbocycles. The topological polar surface area (TPSA) is 28.2 Å². The van der Waals surface area contributed by atoms with Crippen molar-refractivity contribution in [1.29, 1.82) is 0 Å². The molecule has 0 radical (unpaired) electrons. The maximum atomic E-state index is 4.84. The lowest BCUT2D eigenvalue weighted by molar-refractivity contribution is 0.840. The standard InChI is InChI=1S/C26H36N2/c1-17(2)21-11-9-12-22(18(3)4)25(21)27-15-16-28-26-23(19(5)6)13-10-14-24(26)20(7)8/h9-20H,1-8H3/q-2/b16-15+. The van der Waals surface area contributed by atoms with E-state index in [4.69, 9.17) is 10.6 Å². The highest BCUT2D eigenvalue weighted by Crippen LogP contribution is 2.40. The summed E-state index contributed by atoms with van der Waals surface area (Å²) >= 11 is 0. The highest BCUT2D eigenvalue weighted by atomic mass is 14.9. The Hall–Kier alpha value is -2.22. The van der Waals surface area contributed by atoms with E-state index in [0.717, 1.165) is 11.4 Å². The first kappa shape index (κ1) is 22.1. The summed E-state index contributed by atoms with van der Waals surface area (Å²) in [5, 5.41) is 9.68. The minimum atomic E-state index is 0.442. The van der Waals surface area contributed by atoms with Crippen LogP contribution in [0.15, 0.2) is 48.8 Å². The van der Waals surface area contributed by atoms with Gasteiger partial charge in [0.2, 0.25) is 0 Å². The van der Waals surface area contributed by atoms with Crippen LogP contribution in [0, 0.1) is 0 Å². The predicted octanol–water partition coefficient (Wildman–Crippen LogP) is 9.36. The molecule has 2 nitrogen and oxygen atoms in total. The van der Waals surface area contributed by atoms with Crippen LogP contribution in [0.25, 0.3) is 10.6 Å². The van der Waals surface area contributed by atoms with E-state index in [0.29, 0.717) is 23.7 Å². The molecule has 0 spiro atoms. The number of para-hydroxylation sites is 2. The van der Waals surface area contributed by atoms with Crippen LogP contribution in [0.3, 0.4) is 0 Å². The minimum Gasteiger partial charge on any atom is -0.665 e. The third-order valence-electron chi connectivity index (χ3n) is 5.16. The van der Waals surface area contributed by atoms with E-state index < -0.39 is 0 Å². The second kappa shape index (κ2) is 9.82. The number of hydrogen-bond donors (Lipinski definition) is 0. The van der Waals surface area contributed by atoms with Crippen LogP contribution in [0.2, 0.25) is 0 Å². The van der Waals surface area contributed by atoms with Crippen LogP contribution < -0.4 is 0 Å². The molecule has 0 heterocycles. The van der Waals surface area contributed by atoms with Crippen molar-refractivity contribution in [1.82, 2.24) is 0 Å². The zero-order chi connectivity index (χ0) is 20.8. The highest BCUT2D eigenvalue weighted by Gasteiger charge is 2.08. The fourth-order valence-corrected chi connectivity index (χ4v) is 3.54. The molecule has 0 aliphatic heterocycles. The van der Waals surface area contributed by atoms with E-state index in [9.17, 15) is 0 Å². The van der Waals surface area contributed by atoms with Crippen molar-refractivity contribution in [3.05, 3.63) is 81.7 Å². The van der Waals surface area contributed by atoms with Crippen molar-refractivity contribution in [3.63, 3.8) is 0 Å². The first-order chi connectivity index (χ1) is 13.2. The molecule has 2 aromatic carbocycles. The van der Waals surface area contributed by atoms with Gasteiger partial charge in [-0.1, -0.05) is 114 Å². The Morgan fingerprint density at radius 3 is 0.964 bits per heavy atom. The minimum absolute atomic E-state index is 0.442. The Bertz CT molecular complexity index is 678. The van der Waals surface area contributed by atoms with E-state index >= 15 is 0 Å². The van der Waals surface area contributed by atoms with E-state index in [1.165, 1.54) is 22.3 Å². The van der Waals surface area contributed by atoms with Gasteiger partial charge >= 0.3 is 0 Å². The van der Waals surface area contributed by atoms with Gasteiger partial charge in [0.1, 0.15) is 0 Å². The zero-order valence-corrected chi connectivity index (χ0v) is 18.8. The molecule has 152 valence electrons. The average molecular weight is 377 g/mol. The van der Waals surface area contributed by atoms with Gasteiger partial charge in [0.15, 0.2) is 0 Å². The fourth-order valence-electron chi connectivity index (χ4n) is 3.54. The van der Waals surface area contributed by atoms with Crippen molar-refractivity contribution in [2.45, 2.75) is 79.1 Å². The molecule has 0 unspecified atom stereocenters. The Labute approximate surface area is 172 Å². The van der Waals surface area contributed by atoms with Gasteiger partial charge in [-0.05, 0) is 23.7 Å². The Morgan fingerprint density at radius 2 is 0.750 bits per heavy atom. The normalized spacial score (nSPS) is 12.0. The van der Waals surface area contributed by atoms with Gasteiger partial charge in [-0.25, -0.2) is 0 Å². The van der Waals surface area contributed by atoms with Crippen LogP contribution in [0.1, 0.15) is 101 Å². The van der Waals surface area contributed by atoms with Gasteiger partial charge in [-0.15, -0.1) is 11.4 Å². The molecule has 0 saturated heterocycles. The molecule has 0 fully saturated rings. The third-order valence-corrected chi connectivity index (χ3v) is 5.16. The van der Waals surface area contributed by atoms with Gasteiger partial charge < -0.3 is 10.6 Å². The second-order valence-electron chi connectivity index (χ2n) is 8.75. The lowest BCUT2D eigenvalue weighted by Crippen LogP contribution is -1.96. The first-order valence-corrected chi connectivity index (χ1v) is 10.6. The lowest BCUT2D eigenvalue weighted by atomic mass is 9.92. The van der Waals surface area contributed by atoms with Gasteiger partial charge in [0.05, 0.1) is 0 Å². The van der Waals surface area contributed by atoms with Crippen LogP contribution >= 0.6 is 0 Å². The summed E-state index contributed by atoms with van der Waals surface area (Å²) in [6, 6.07) is 13.0. The predicted molar refractivity (Wildman–Crippen MR) is 124 cm³/mol.